The van der Waals surface area contributed by atoms with Gasteiger partial charge >= 0.3 is 0 Å². The fourth-order valence-corrected chi connectivity index (χ4v) is 2.98. The molecule has 1 aliphatic heterocycles. The molecule has 22 heavy (non-hydrogen) atoms. The number of amides is 1. The Bertz CT molecular complexity index is 785. The summed E-state index contributed by atoms with van der Waals surface area (Å²) in [6.07, 6.45) is 1.84. The molecular formula is C17H16N2O2S. The van der Waals surface area contributed by atoms with Crippen molar-refractivity contribution in [2.24, 2.45) is 4.99 Å². The predicted molar refractivity (Wildman–Crippen MR) is 90.2 cm³/mol. The Morgan fingerprint density at radius 1 is 1.18 bits per heavy atom. The van der Waals surface area contributed by atoms with Crippen LogP contribution >= 0.6 is 11.8 Å². The van der Waals surface area contributed by atoms with Gasteiger partial charge in [-0.1, -0.05) is 17.7 Å². The molecule has 0 bridgehead atoms. The first-order chi connectivity index (χ1) is 10.5. The summed E-state index contributed by atoms with van der Waals surface area (Å²) < 4.78 is 5.48. The molecule has 112 valence electrons. The van der Waals surface area contributed by atoms with Crippen LogP contribution < -0.4 is 5.32 Å². The first-order valence-corrected chi connectivity index (χ1v) is 7.76. The van der Waals surface area contributed by atoms with Gasteiger partial charge in [0.25, 0.3) is 5.91 Å². The second kappa shape index (κ2) is 5.85. The van der Waals surface area contributed by atoms with Crippen LogP contribution in [0.4, 0.5) is 5.69 Å². The number of carbonyl (C=O) groups excluding carboxylic acids is 1. The summed E-state index contributed by atoms with van der Waals surface area (Å²) in [5.74, 6) is 1.51. The number of furan rings is 1. The molecule has 1 saturated heterocycles. The van der Waals surface area contributed by atoms with E-state index in [2.05, 4.69) is 10.3 Å². The number of amidine groups is 1. The molecule has 0 saturated carbocycles. The Morgan fingerprint density at radius 3 is 2.55 bits per heavy atom. The van der Waals surface area contributed by atoms with Gasteiger partial charge in [0.15, 0.2) is 5.17 Å². The topological polar surface area (TPSA) is 54.6 Å². The molecule has 1 aromatic carbocycles. The molecule has 1 aliphatic rings. The zero-order valence-electron chi connectivity index (χ0n) is 12.6. The van der Waals surface area contributed by atoms with Crippen molar-refractivity contribution in [2.75, 3.05) is 0 Å². The van der Waals surface area contributed by atoms with Gasteiger partial charge < -0.3 is 9.73 Å². The maximum absolute atomic E-state index is 12.0. The van der Waals surface area contributed by atoms with Crippen LogP contribution in [0.15, 0.2) is 44.6 Å². The molecule has 5 heteroatoms. The molecule has 0 unspecified atom stereocenters. The van der Waals surface area contributed by atoms with Crippen molar-refractivity contribution < 1.29 is 9.21 Å². The highest BCUT2D eigenvalue weighted by Gasteiger charge is 2.24. The molecule has 3 rings (SSSR count). The lowest BCUT2D eigenvalue weighted by molar-refractivity contribution is -0.115. The standard InChI is InChI=1S/C17H16N2O2S/c1-10-4-6-14(7-5-10)18-17-19-16(20)15(22-17)9-13-8-11(2)21-12(13)3/h4-9H,1-3H3,(H,18,19,20)/b15-9-. The van der Waals surface area contributed by atoms with Crippen molar-refractivity contribution in [2.45, 2.75) is 20.8 Å². The van der Waals surface area contributed by atoms with Gasteiger partial charge in [-0.3, -0.25) is 4.79 Å². The molecule has 1 aromatic heterocycles. The quantitative estimate of drug-likeness (QED) is 0.850. The van der Waals surface area contributed by atoms with Gasteiger partial charge in [-0.05, 0) is 56.8 Å². The SMILES string of the molecule is Cc1ccc(N=C2NC(=O)/C(=C/c3cc(C)oc3C)S2)cc1. The van der Waals surface area contributed by atoms with Crippen molar-refractivity contribution >= 4 is 34.6 Å². The minimum Gasteiger partial charge on any atom is -0.466 e. The van der Waals surface area contributed by atoms with Crippen molar-refractivity contribution in [3.63, 3.8) is 0 Å². The minimum atomic E-state index is -0.130. The first-order valence-electron chi connectivity index (χ1n) is 6.94. The van der Waals surface area contributed by atoms with Crippen LogP contribution in [0.2, 0.25) is 0 Å². The van der Waals surface area contributed by atoms with Crippen molar-refractivity contribution in [1.29, 1.82) is 0 Å². The lowest BCUT2D eigenvalue weighted by Crippen LogP contribution is -2.19. The summed E-state index contributed by atoms with van der Waals surface area (Å²) in [6, 6.07) is 9.77. The third-order valence-corrected chi connectivity index (χ3v) is 4.19. The number of nitrogens with one attached hydrogen (secondary N) is 1. The van der Waals surface area contributed by atoms with Crippen molar-refractivity contribution in [3.8, 4) is 0 Å². The number of aliphatic imine (C=N–C) groups is 1. The molecule has 0 atom stereocenters. The van der Waals surface area contributed by atoms with E-state index >= 15 is 0 Å². The molecule has 2 heterocycles. The average Bonchev–Trinajstić information content (AvgIpc) is 2.96. The van der Waals surface area contributed by atoms with Crippen LogP contribution in [0.5, 0.6) is 0 Å². The summed E-state index contributed by atoms with van der Waals surface area (Å²) in [5.41, 5.74) is 2.93. The summed E-state index contributed by atoms with van der Waals surface area (Å²) in [4.78, 5) is 17.1. The second-order valence-electron chi connectivity index (χ2n) is 5.19. The van der Waals surface area contributed by atoms with E-state index in [4.69, 9.17) is 4.42 Å². The van der Waals surface area contributed by atoms with Crippen molar-refractivity contribution in [3.05, 3.63) is 57.9 Å². The maximum atomic E-state index is 12.0. The van der Waals surface area contributed by atoms with Gasteiger partial charge in [-0.2, -0.15) is 0 Å². The minimum absolute atomic E-state index is 0.130. The molecule has 0 aliphatic carbocycles. The van der Waals surface area contributed by atoms with Crippen LogP contribution in [0.3, 0.4) is 0 Å². The smallest absolute Gasteiger partial charge is 0.264 e. The van der Waals surface area contributed by atoms with Gasteiger partial charge in [0.2, 0.25) is 0 Å². The lowest BCUT2D eigenvalue weighted by atomic mass is 10.2. The van der Waals surface area contributed by atoms with Gasteiger partial charge in [0.05, 0.1) is 10.6 Å². The van der Waals surface area contributed by atoms with Gasteiger partial charge in [0.1, 0.15) is 11.5 Å². The third kappa shape index (κ3) is 3.14. The van der Waals surface area contributed by atoms with E-state index in [1.54, 1.807) is 0 Å². The Labute approximate surface area is 133 Å². The highest BCUT2D eigenvalue weighted by Crippen LogP contribution is 2.29. The molecule has 1 fully saturated rings. The van der Waals surface area contributed by atoms with Gasteiger partial charge in [-0.25, -0.2) is 4.99 Å². The maximum Gasteiger partial charge on any atom is 0.264 e. The predicted octanol–water partition coefficient (Wildman–Crippen LogP) is 4.10. The summed E-state index contributed by atoms with van der Waals surface area (Å²) in [5, 5.41) is 3.38. The lowest BCUT2D eigenvalue weighted by Gasteiger charge is -1.96. The fraction of sp³-hybridized carbons (Fsp3) is 0.176. The van der Waals surface area contributed by atoms with Crippen LogP contribution in [0.1, 0.15) is 22.6 Å². The Kier molecular flexibility index (Phi) is 3.90. The molecule has 2 aromatic rings. The number of nitrogens with zero attached hydrogens (tertiary/aromatic N) is 1. The third-order valence-electron chi connectivity index (χ3n) is 3.28. The van der Waals surface area contributed by atoms with E-state index in [-0.39, 0.29) is 5.91 Å². The van der Waals surface area contributed by atoms with E-state index in [9.17, 15) is 4.79 Å². The zero-order valence-corrected chi connectivity index (χ0v) is 13.5. The highest BCUT2D eigenvalue weighted by molar-refractivity contribution is 8.18. The Hall–Kier alpha value is -2.27. The van der Waals surface area contributed by atoms with E-state index < -0.39 is 0 Å². The Morgan fingerprint density at radius 2 is 1.91 bits per heavy atom. The number of rotatable bonds is 2. The van der Waals surface area contributed by atoms with Crippen LogP contribution in [0.25, 0.3) is 6.08 Å². The molecule has 1 N–H and O–H groups in total. The number of carbonyl (C=O) groups is 1. The summed E-state index contributed by atoms with van der Waals surface area (Å²) >= 11 is 1.34. The van der Waals surface area contributed by atoms with E-state index in [1.807, 2.05) is 57.2 Å². The molecule has 0 spiro atoms. The fourth-order valence-electron chi connectivity index (χ4n) is 2.15. The summed E-state index contributed by atoms with van der Waals surface area (Å²) in [6.45, 7) is 5.80. The van der Waals surface area contributed by atoms with E-state index in [0.29, 0.717) is 10.1 Å². The second-order valence-corrected chi connectivity index (χ2v) is 6.22. The van der Waals surface area contributed by atoms with E-state index in [0.717, 1.165) is 22.8 Å². The van der Waals surface area contributed by atoms with Gasteiger partial charge in [0, 0.05) is 5.56 Å². The zero-order chi connectivity index (χ0) is 15.7. The molecule has 1 amide bonds. The van der Waals surface area contributed by atoms with Crippen molar-refractivity contribution in [1.82, 2.24) is 5.32 Å². The number of hydrogen-bond donors (Lipinski definition) is 1. The van der Waals surface area contributed by atoms with Gasteiger partial charge in [-0.15, -0.1) is 0 Å². The van der Waals surface area contributed by atoms with Crippen LogP contribution in [0, 0.1) is 20.8 Å². The summed E-state index contributed by atoms with van der Waals surface area (Å²) in [7, 11) is 0. The average molecular weight is 312 g/mol. The van der Waals surface area contributed by atoms with Crippen LogP contribution in [-0.2, 0) is 4.79 Å². The molecular weight excluding hydrogens is 296 g/mol. The number of benzene rings is 1. The number of thioether (sulfide) groups is 1. The number of hydrogen-bond acceptors (Lipinski definition) is 4. The Balaban J connectivity index is 1.84. The molecule has 4 nitrogen and oxygen atoms in total. The highest BCUT2D eigenvalue weighted by atomic mass is 32.2. The normalized spacial score (nSPS) is 18.2. The monoisotopic (exact) mass is 312 g/mol. The largest absolute Gasteiger partial charge is 0.466 e. The van der Waals surface area contributed by atoms with Crippen LogP contribution in [-0.4, -0.2) is 11.1 Å². The molecule has 0 radical (unpaired) electrons. The number of aryl methyl sites for hydroxylation is 3. The first kappa shape index (κ1) is 14.7. The van der Waals surface area contributed by atoms with E-state index in [1.165, 1.54) is 17.3 Å².